The molecular weight excluding hydrogens is 454 g/mol. The number of esters is 1. The predicted octanol–water partition coefficient (Wildman–Crippen LogP) is 4.68. The molecule has 0 N–H and O–H groups in total. The first-order chi connectivity index (χ1) is 16.1. The third-order valence-electron chi connectivity index (χ3n) is 6.46. The molecule has 0 unspecified atom stereocenters. The van der Waals surface area contributed by atoms with Crippen LogP contribution in [-0.4, -0.2) is 52.4 Å². The number of carbonyl (C=O) groups excluding carboxylic acids is 1. The van der Waals surface area contributed by atoms with Crippen molar-refractivity contribution in [2.75, 3.05) is 32.0 Å². The maximum atomic E-state index is 13.0. The molecule has 0 atom stereocenters. The molecule has 0 aliphatic carbocycles. The van der Waals surface area contributed by atoms with Gasteiger partial charge in [0.1, 0.15) is 0 Å². The number of ether oxygens (including phenoxy) is 1. The van der Waals surface area contributed by atoms with Gasteiger partial charge in [-0.2, -0.15) is 0 Å². The first kappa shape index (κ1) is 24.0. The standard InChI is InChI=1S/C25H31N3O3S2/c1-2-31-24(30)25(11-14-27(15-12-25)16-18-33-23-9-5-17-32-23)10-6-13-28-21-8-4-3-7-20(21)26-19-22(28)29/h3-5,7-9,17,19H,2,6,10-16,18H2,1H3. The molecule has 1 saturated heterocycles. The Labute approximate surface area is 203 Å². The van der Waals surface area contributed by atoms with Crippen molar-refractivity contribution in [3.8, 4) is 0 Å². The van der Waals surface area contributed by atoms with Crippen molar-refractivity contribution in [2.24, 2.45) is 5.41 Å². The average molecular weight is 486 g/mol. The van der Waals surface area contributed by atoms with Gasteiger partial charge in [0.25, 0.3) is 5.56 Å². The molecule has 0 amide bonds. The summed E-state index contributed by atoms with van der Waals surface area (Å²) in [5.41, 5.74) is 1.09. The third-order valence-corrected chi connectivity index (χ3v) is 8.57. The van der Waals surface area contributed by atoms with Gasteiger partial charge >= 0.3 is 5.97 Å². The summed E-state index contributed by atoms with van der Waals surface area (Å²) in [6.45, 7) is 5.68. The highest BCUT2D eigenvalue weighted by atomic mass is 32.2. The lowest BCUT2D eigenvalue weighted by Gasteiger charge is -2.40. The van der Waals surface area contributed by atoms with E-state index in [0.29, 0.717) is 13.2 Å². The summed E-state index contributed by atoms with van der Waals surface area (Å²) in [6, 6.07) is 11.9. The Morgan fingerprint density at radius 2 is 2.00 bits per heavy atom. The second kappa shape index (κ2) is 11.3. The summed E-state index contributed by atoms with van der Waals surface area (Å²) in [4.78, 5) is 32.2. The van der Waals surface area contributed by atoms with Crippen LogP contribution in [0.15, 0.2) is 57.0 Å². The first-order valence-corrected chi connectivity index (χ1v) is 13.5. The minimum atomic E-state index is -0.458. The number of piperidine rings is 1. The summed E-state index contributed by atoms with van der Waals surface area (Å²) in [6.07, 6.45) is 4.48. The van der Waals surface area contributed by atoms with Gasteiger partial charge in [-0.3, -0.25) is 9.59 Å². The molecule has 0 spiro atoms. The molecule has 0 saturated carbocycles. The van der Waals surface area contributed by atoms with Crippen LogP contribution in [0.4, 0.5) is 0 Å². The lowest BCUT2D eigenvalue weighted by atomic mass is 9.74. The Morgan fingerprint density at radius 3 is 2.76 bits per heavy atom. The zero-order chi connectivity index (χ0) is 23.1. The van der Waals surface area contributed by atoms with E-state index in [0.717, 1.165) is 62.1 Å². The number of benzene rings is 1. The van der Waals surface area contributed by atoms with Crippen LogP contribution in [0.3, 0.4) is 0 Å². The zero-order valence-corrected chi connectivity index (χ0v) is 20.7. The Bertz CT molecular complexity index is 1110. The molecule has 1 aromatic carbocycles. The van der Waals surface area contributed by atoms with Crippen molar-refractivity contribution in [1.29, 1.82) is 0 Å². The number of hydrogen-bond acceptors (Lipinski definition) is 7. The van der Waals surface area contributed by atoms with Crippen LogP contribution in [-0.2, 0) is 16.1 Å². The highest BCUT2D eigenvalue weighted by Crippen LogP contribution is 2.38. The van der Waals surface area contributed by atoms with E-state index < -0.39 is 5.41 Å². The van der Waals surface area contributed by atoms with Crippen LogP contribution in [0.5, 0.6) is 0 Å². The lowest BCUT2D eigenvalue weighted by molar-refractivity contribution is -0.159. The maximum Gasteiger partial charge on any atom is 0.312 e. The number of hydrogen-bond donors (Lipinski definition) is 0. The molecule has 6 nitrogen and oxygen atoms in total. The smallest absolute Gasteiger partial charge is 0.312 e. The van der Waals surface area contributed by atoms with E-state index in [4.69, 9.17) is 4.74 Å². The fraction of sp³-hybridized carbons (Fsp3) is 0.480. The predicted molar refractivity (Wildman–Crippen MR) is 135 cm³/mol. The molecule has 3 heterocycles. The van der Waals surface area contributed by atoms with Crippen LogP contribution in [0, 0.1) is 5.41 Å². The monoisotopic (exact) mass is 485 g/mol. The van der Waals surface area contributed by atoms with Crippen molar-refractivity contribution in [1.82, 2.24) is 14.5 Å². The number of likely N-dealkylation sites (tertiary alicyclic amines) is 1. The van der Waals surface area contributed by atoms with Crippen LogP contribution in [0.25, 0.3) is 11.0 Å². The van der Waals surface area contributed by atoms with E-state index in [-0.39, 0.29) is 11.5 Å². The number of para-hydroxylation sites is 2. The van der Waals surface area contributed by atoms with Gasteiger partial charge in [0.15, 0.2) is 0 Å². The molecule has 1 fully saturated rings. The maximum absolute atomic E-state index is 13.0. The van der Waals surface area contributed by atoms with E-state index in [1.54, 1.807) is 15.9 Å². The van der Waals surface area contributed by atoms with Crippen LogP contribution in [0.1, 0.15) is 32.6 Å². The number of carbonyl (C=O) groups is 1. The van der Waals surface area contributed by atoms with E-state index in [1.165, 1.54) is 10.4 Å². The highest BCUT2D eigenvalue weighted by Gasteiger charge is 2.42. The van der Waals surface area contributed by atoms with Gasteiger partial charge < -0.3 is 14.2 Å². The number of rotatable bonds is 10. The minimum Gasteiger partial charge on any atom is -0.466 e. The van der Waals surface area contributed by atoms with E-state index in [2.05, 4.69) is 27.4 Å². The van der Waals surface area contributed by atoms with E-state index in [9.17, 15) is 9.59 Å². The molecular formula is C25H31N3O3S2. The number of thioether (sulfide) groups is 1. The summed E-state index contributed by atoms with van der Waals surface area (Å²) in [7, 11) is 0. The molecule has 1 aliphatic heterocycles. The van der Waals surface area contributed by atoms with Crippen molar-refractivity contribution in [3.05, 3.63) is 58.3 Å². The number of fused-ring (bicyclic) bond motifs is 1. The van der Waals surface area contributed by atoms with E-state index >= 15 is 0 Å². The van der Waals surface area contributed by atoms with Crippen LogP contribution < -0.4 is 5.56 Å². The molecule has 8 heteroatoms. The molecule has 2 aromatic heterocycles. The van der Waals surface area contributed by atoms with Crippen molar-refractivity contribution < 1.29 is 9.53 Å². The van der Waals surface area contributed by atoms with Gasteiger partial charge in [0.05, 0.1) is 33.5 Å². The number of aromatic nitrogens is 2. The summed E-state index contributed by atoms with van der Waals surface area (Å²) in [5.74, 6) is 0.981. The first-order valence-electron chi connectivity index (χ1n) is 11.6. The Hall–Kier alpha value is -2.16. The van der Waals surface area contributed by atoms with Gasteiger partial charge in [-0.15, -0.1) is 23.1 Å². The van der Waals surface area contributed by atoms with Crippen LogP contribution >= 0.6 is 23.1 Å². The van der Waals surface area contributed by atoms with Crippen molar-refractivity contribution >= 4 is 40.1 Å². The molecule has 3 aromatic rings. The number of aryl methyl sites for hydroxylation is 1. The van der Waals surface area contributed by atoms with E-state index in [1.807, 2.05) is 43.0 Å². The number of nitrogens with zero attached hydrogens (tertiary/aromatic N) is 3. The quantitative estimate of drug-likeness (QED) is 0.307. The Kier molecular flexibility index (Phi) is 8.22. The lowest BCUT2D eigenvalue weighted by Crippen LogP contribution is -2.46. The molecule has 4 rings (SSSR count). The number of thiophene rings is 1. The largest absolute Gasteiger partial charge is 0.466 e. The topological polar surface area (TPSA) is 64.4 Å². The second-order valence-electron chi connectivity index (χ2n) is 8.46. The van der Waals surface area contributed by atoms with Gasteiger partial charge in [-0.05, 0) is 69.3 Å². The summed E-state index contributed by atoms with van der Waals surface area (Å²) < 4.78 is 8.64. The van der Waals surface area contributed by atoms with Gasteiger partial charge in [-0.25, -0.2) is 4.98 Å². The average Bonchev–Trinajstić information content (AvgIpc) is 3.35. The molecule has 176 valence electrons. The Morgan fingerprint density at radius 1 is 1.18 bits per heavy atom. The van der Waals surface area contributed by atoms with Gasteiger partial charge in [-0.1, -0.05) is 18.2 Å². The highest BCUT2D eigenvalue weighted by molar-refractivity contribution is 8.01. The molecule has 1 aliphatic rings. The fourth-order valence-corrected chi connectivity index (χ4v) is 6.45. The molecule has 33 heavy (non-hydrogen) atoms. The zero-order valence-electron chi connectivity index (χ0n) is 19.1. The summed E-state index contributed by atoms with van der Waals surface area (Å²) >= 11 is 3.68. The fourth-order valence-electron chi connectivity index (χ4n) is 4.59. The second-order valence-corrected chi connectivity index (χ2v) is 10.8. The minimum absolute atomic E-state index is 0.0791. The van der Waals surface area contributed by atoms with Gasteiger partial charge in [0.2, 0.25) is 0 Å². The van der Waals surface area contributed by atoms with Crippen LogP contribution in [0.2, 0.25) is 0 Å². The molecule has 0 radical (unpaired) electrons. The normalized spacial score (nSPS) is 16.2. The SMILES string of the molecule is CCOC(=O)C1(CCCn2c(=O)cnc3ccccc32)CCN(CCSc2cccs2)CC1. The molecule has 0 bridgehead atoms. The van der Waals surface area contributed by atoms with Crippen molar-refractivity contribution in [3.63, 3.8) is 0 Å². The Balaban J connectivity index is 1.36. The van der Waals surface area contributed by atoms with Gasteiger partial charge in [0, 0.05) is 18.8 Å². The third kappa shape index (κ3) is 5.86. The summed E-state index contributed by atoms with van der Waals surface area (Å²) in [5, 5.41) is 2.11. The van der Waals surface area contributed by atoms with Crippen molar-refractivity contribution in [2.45, 2.75) is 43.4 Å².